The molecule has 0 atom stereocenters. The molecule has 1 fully saturated rings. The number of aliphatic imine (C=N–C) groups is 1. The van der Waals surface area contributed by atoms with Gasteiger partial charge in [0.2, 0.25) is 0 Å². The molecule has 0 amide bonds. The SMILES string of the molecule is Cc1nnc(CN=C(NCCc2cccs2)N(C)CCOCC2CC2)n1C. The van der Waals surface area contributed by atoms with Crippen LogP contribution in [-0.4, -0.2) is 59.0 Å². The number of rotatable bonds is 10. The second-order valence-corrected chi connectivity index (χ2v) is 8.09. The maximum atomic E-state index is 5.78. The summed E-state index contributed by atoms with van der Waals surface area (Å²) in [7, 11) is 4.03. The molecular weight excluding hydrogens is 360 g/mol. The van der Waals surface area contributed by atoms with Gasteiger partial charge in [-0.2, -0.15) is 0 Å². The summed E-state index contributed by atoms with van der Waals surface area (Å²) in [4.78, 5) is 8.27. The molecule has 1 aliphatic carbocycles. The Morgan fingerprint density at radius 1 is 1.44 bits per heavy atom. The molecule has 0 aromatic carbocycles. The van der Waals surface area contributed by atoms with Crippen molar-refractivity contribution in [3.8, 4) is 0 Å². The van der Waals surface area contributed by atoms with E-state index in [4.69, 9.17) is 9.73 Å². The third-order valence-corrected chi connectivity index (χ3v) is 5.71. The Bertz CT molecular complexity index is 723. The van der Waals surface area contributed by atoms with Crippen molar-refractivity contribution in [3.05, 3.63) is 34.0 Å². The fourth-order valence-corrected chi connectivity index (χ4v) is 3.35. The van der Waals surface area contributed by atoms with E-state index in [1.165, 1.54) is 17.7 Å². The van der Waals surface area contributed by atoms with Gasteiger partial charge in [0, 0.05) is 38.7 Å². The van der Waals surface area contributed by atoms with Crippen LogP contribution in [0, 0.1) is 12.8 Å². The Balaban J connectivity index is 1.53. The molecule has 0 bridgehead atoms. The van der Waals surface area contributed by atoms with Gasteiger partial charge in [-0.25, -0.2) is 4.99 Å². The summed E-state index contributed by atoms with van der Waals surface area (Å²) in [6, 6.07) is 4.26. The second-order valence-electron chi connectivity index (χ2n) is 7.06. The van der Waals surface area contributed by atoms with Crippen LogP contribution in [-0.2, 0) is 24.8 Å². The van der Waals surface area contributed by atoms with Crippen molar-refractivity contribution in [3.63, 3.8) is 0 Å². The molecule has 2 aromatic heterocycles. The lowest BCUT2D eigenvalue weighted by atomic mass is 10.3. The number of aromatic nitrogens is 3. The maximum Gasteiger partial charge on any atom is 0.194 e. The molecule has 0 spiro atoms. The molecule has 1 N–H and O–H groups in total. The molecule has 0 saturated heterocycles. The van der Waals surface area contributed by atoms with E-state index in [-0.39, 0.29) is 0 Å². The highest BCUT2D eigenvalue weighted by molar-refractivity contribution is 7.09. The molecule has 1 aliphatic rings. The average Bonchev–Trinajstić information content (AvgIpc) is 3.24. The van der Waals surface area contributed by atoms with E-state index in [2.05, 4.69) is 45.0 Å². The first-order valence-corrected chi connectivity index (χ1v) is 10.5. The Morgan fingerprint density at radius 2 is 2.30 bits per heavy atom. The molecular formula is C19H30N6OS. The molecule has 2 aromatic rings. The van der Waals surface area contributed by atoms with E-state index in [1.807, 2.05) is 18.5 Å². The van der Waals surface area contributed by atoms with Crippen molar-refractivity contribution in [1.29, 1.82) is 0 Å². The van der Waals surface area contributed by atoms with Gasteiger partial charge >= 0.3 is 0 Å². The van der Waals surface area contributed by atoms with Gasteiger partial charge in [0.25, 0.3) is 0 Å². The number of likely N-dealkylation sites (N-methyl/N-ethyl adjacent to an activating group) is 1. The van der Waals surface area contributed by atoms with E-state index in [1.54, 1.807) is 11.3 Å². The zero-order valence-electron chi connectivity index (χ0n) is 16.5. The quantitative estimate of drug-likeness (QED) is 0.383. The molecule has 7 nitrogen and oxygen atoms in total. The Hall–Kier alpha value is -1.93. The monoisotopic (exact) mass is 390 g/mol. The van der Waals surface area contributed by atoms with Crippen LogP contribution >= 0.6 is 11.3 Å². The van der Waals surface area contributed by atoms with Crippen LogP contribution in [0.1, 0.15) is 29.4 Å². The first-order valence-electron chi connectivity index (χ1n) is 9.58. The highest BCUT2D eigenvalue weighted by Gasteiger charge is 2.21. The van der Waals surface area contributed by atoms with Crippen LogP contribution in [0.15, 0.2) is 22.5 Å². The summed E-state index contributed by atoms with van der Waals surface area (Å²) in [5.74, 6) is 3.44. The summed E-state index contributed by atoms with van der Waals surface area (Å²) in [6.07, 6.45) is 3.64. The van der Waals surface area contributed by atoms with Crippen molar-refractivity contribution in [2.75, 3.05) is 33.4 Å². The van der Waals surface area contributed by atoms with Crippen LogP contribution in [0.2, 0.25) is 0 Å². The van der Waals surface area contributed by atoms with Crippen LogP contribution < -0.4 is 5.32 Å². The van der Waals surface area contributed by atoms with E-state index in [0.717, 1.165) is 56.3 Å². The summed E-state index contributed by atoms with van der Waals surface area (Å²) in [5, 5.41) is 13.9. The van der Waals surface area contributed by atoms with E-state index < -0.39 is 0 Å². The number of nitrogens with zero attached hydrogens (tertiary/aromatic N) is 5. The van der Waals surface area contributed by atoms with E-state index in [0.29, 0.717) is 6.54 Å². The smallest absolute Gasteiger partial charge is 0.194 e. The topological polar surface area (TPSA) is 67.6 Å². The predicted octanol–water partition coefficient (Wildman–Crippen LogP) is 2.23. The molecule has 148 valence electrons. The van der Waals surface area contributed by atoms with Gasteiger partial charge in [0.05, 0.1) is 6.61 Å². The first kappa shape index (κ1) is 19.8. The number of guanidine groups is 1. The minimum absolute atomic E-state index is 0.506. The number of hydrogen-bond acceptors (Lipinski definition) is 5. The van der Waals surface area contributed by atoms with E-state index >= 15 is 0 Å². The summed E-state index contributed by atoms with van der Waals surface area (Å²) >= 11 is 1.79. The van der Waals surface area contributed by atoms with Gasteiger partial charge in [0.15, 0.2) is 11.8 Å². The van der Waals surface area contributed by atoms with Crippen molar-refractivity contribution in [1.82, 2.24) is 25.0 Å². The second kappa shape index (κ2) is 9.85. The molecule has 0 aliphatic heterocycles. The highest BCUT2D eigenvalue weighted by Crippen LogP contribution is 2.28. The highest BCUT2D eigenvalue weighted by atomic mass is 32.1. The third-order valence-electron chi connectivity index (χ3n) is 4.77. The number of nitrogens with one attached hydrogen (secondary N) is 1. The van der Waals surface area contributed by atoms with Gasteiger partial charge in [-0.15, -0.1) is 21.5 Å². The third kappa shape index (κ3) is 6.32. The Labute approximate surface area is 165 Å². The lowest BCUT2D eigenvalue weighted by Gasteiger charge is -2.22. The van der Waals surface area contributed by atoms with E-state index in [9.17, 15) is 0 Å². The van der Waals surface area contributed by atoms with Crippen molar-refractivity contribution >= 4 is 17.3 Å². The van der Waals surface area contributed by atoms with Crippen LogP contribution in [0.5, 0.6) is 0 Å². The Kier molecular flexibility index (Phi) is 7.23. The molecule has 27 heavy (non-hydrogen) atoms. The number of aryl methyl sites for hydroxylation is 1. The Morgan fingerprint density at radius 3 is 2.96 bits per heavy atom. The van der Waals surface area contributed by atoms with Gasteiger partial charge in [-0.1, -0.05) is 6.07 Å². The van der Waals surface area contributed by atoms with Crippen LogP contribution in [0.4, 0.5) is 0 Å². The average molecular weight is 391 g/mol. The minimum Gasteiger partial charge on any atom is -0.379 e. The molecule has 0 unspecified atom stereocenters. The van der Waals surface area contributed by atoms with Crippen LogP contribution in [0.3, 0.4) is 0 Å². The van der Waals surface area contributed by atoms with Crippen molar-refractivity contribution < 1.29 is 4.74 Å². The summed E-state index contributed by atoms with van der Waals surface area (Å²) < 4.78 is 7.76. The lowest BCUT2D eigenvalue weighted by molar-refractivity contribution is 0.115. The zero-order valence-corrected chi connectivity index (χ0v) is 17.3. The summed E-state index contributed by atoms with van der Waals surface area (Å²) in [5.41, 5.74) is 0. The molecule has 3 rings (SSSR count). The maximum absolute atomic E-state index is 5.78. The summed E-state index contributed by atoms with van der Waals surface area (Å²) in [6.45, 7) is 5.74. The fraction of sp³-hybridized carbons (Fsp3) is 0.632. The number of ether oxygens (including phenoxy) is 1. The number of thiophene rings is 1. The van der Waals surface area contributed by atoms with Crippen LogP contribution in [0.25, 0.3) is 0 Å². The predicted molar refractivity (Wildman–Crippen MR) is 109 cm³/mol. The molecule has 8 heteroatoms. The largest absolute Gasteiger partial charge is 0.379 e. The van der Waals surface area contributed by atoms with Gasteiger partial charge in [-0.05, 0) is 43.6 Å². The van der Waals surface area contributed by atoms with Crippen molar-refractivity contribution in [2.24, 2.45) is 18.0 Å². The molecule has 2 heterocycles. The standard InChI is InChI=1S/C19H30N6OS/c1-15-22-23-18(25(15)3)13-21-19(20-9-8-17-5-4-12-27-17)24(2)10-11-26-14-16-6-7-16/h4-5,12,16H,6-11,13-14H2,1-3H3,(H,20,21). The van der Waals surface area contributed by atoms with Gasteiger partial charge < -0.3 is 19.5 Å². The molecule has 1 saturated carbocycles. The van der Waals surface area contributed by atoms with Gasteiger partial charge in [0.1, 0.15) is 12.4 Å². The first-order chi connectivity index (χ1) is 13.1. The minimum atomic E-state index is 0.506. The lowest BCUT2D eigenvalue weighted by Crippen LogP contribution is -2.41. The number of hydrogen-bond donors (Lipinski definition) is 1. The zero-order chi connectivity index (χ0) is 19.1. The normalized spacial score (nSPS) is 14.6. The van der Waals surface area contributed by atoms with Crippen molar-refractivity contribution in [2.45, 2.75) is 32.7 Å². The fourth-order valence-electron chi connectivity index (χ4n) is 2.64. The molecule has 0 radical (unpaired) electrons. The van der Waals surface area contributed by atoms with Gasteiger partial charge in [-0.3, -0.25) is 0 Å².